The molecule has 92 valence electrons. The molecule has 0 heterocycles. The first kappa shape index (κ1) is 15.1. The summed E-state index contributed by atoms with van der Waals surface area (Å²) in [6, 6.07) is 0. The van der Waals surface area contributed by atoms with E-state index in [1.54, 1.807) is 0 Å². The molecule has 0 aromatic heterocycles. The number of carbonyl (C=O) groups is 2. The fourth-order valence-electron chi connectivity index (χ4n) is 0.733. The van der Waals surface area contributed by atoms with Gasteiger partial charge in [-0.15, -0.1) is 11.6 Å². The number of hydrogen-bond acceptors (Lipinski definition) is 5. The van der Waals surface area contributed by atoms with Gasteiger partial charge >= 0.3 is 0 Å². The van der Waals surface area contributed by atoms with Crippen molar-refractivity contribution in [1.82, 2.24) is 5.32 Å². The van der Waals surface area contributed by atoms with Gasteiger partial charge in [0, 0.05) is 18.0 Å². The molecule has 16 heavy (non-hydrogen) atoms. The van der Waals surface area contributed by atoms with Crippen molar-refractivity contribution in [3.05, 3.63) is 12.2 Å². The number of nitrogens with two attached hydrogens (primary N) is 1. The molecule has 0 atom stereocenters. The van der Waals surface area contributed by atoms with Crippen LogP contribution >= 0.6 is 11.6 Å². The number of alkyl halides is 1. The third kappa shape index (κ3) is 5.84. The first-order valence-electron chi connectivity index (χ1n) is 4.31. The number of halogens is 1. The maximum Gasteiger partial charge on any atom is 0.254 e. The average molecular weight is 269 g/mol. The second-order valence-electron chi connectivity index (χ2n) is 2.97. The summed E-state index contributed by atoms with van der Waals surface area (Å²) in [6.45, 7) is 3.20. The minimum absolute atomic E-state index is 0.00286. The van der Waals surface area contributed by atoms with Crippen LogP contribution in [0.25, 0.3) is 0 Å². The van der Waals surface area contributed by atoms with Gasteiger partial charge < -0.3 is 5.73 Å². The van der Waals surface area contributed by atoms with Crippen LogP contribution in [0.1, 0.15) is 0 Å². The van der Waals surface area contributed by atoms with Crippen molar-refractivity contribution in [2.24, 2.45) is 5.73 Å². The normalized spacial score (nSPS) is 10.9. The third-order valence-electron chi connectivity index (χ3n) is 1.56. The number of hydrogen-bond donors (Lipinski definition) is 2. The second kappa shape index (κ2) is 6.62. The molecule has 0 aliphatic carbocycles. The minimum Gasteiger partial charge on any atom is -0.326 e. The Labute approximate surface area is 98.7 Å². The molecule has 0 spiro atoms. The van der Waals surface area contributed by atoms with Gasteiger partial charge in [0.25, 0.3) is 5.91 Å². The van der Waals surface area contributed by atoms with Gasteiger partial charge in [-0.2, -0.15) is 0 Å². The molecule has 0 aliphatic rings. The molecule has 0 bridgehead atoms. The molecule has 0 radical (unpaired) electrons. The van der Waals surface area contributed by atoms with Gasteiger partial charge in [-0.1, -0.05) is 6.58 Å². The van der Waals surface area contributed by atoms with Gasteiger partial charge in [0.05, 0.1) is 5.75 Å². The van der Waals surface area contributed by atoms with E-state index in [4.69, 9.17) is 17.3 Å². The molecule has 0 saturated carbocycles. The Morgan fingerprint density at radius 1 is 1.38 bits per heavy atom. The van der Waals surface area contributed by atoms with Crippen molar-refractivity contribution < 1.29 is 18.0 Å². The lowest BCUT2D eigenvalue weighted by molar-refractivity contribution is -0.126. The predicted molar refractivity (Wildman–Crippen MR) is 60.7 cm³/mol. The zero-order valence-corrected chi connectivity index (χ0v) is 10.1. The molecular formula is C8H13ClN2O4S. The fraction of sp³-hybridized carbons (Fsp3) is 0.500. The average Bonchev–Trinajstić information content (AvgIpc) is 2.14. The highest BCUT2D eigenvalue weighted by Crippen LogP contribution is 1.93. The first-order valence-corrected chi connectivity index (χ1v) is 6.66. The largest absolute Gasteiger partial charge is 0.326 e. The number of amides is 2. The number of nitrogens with one attached hydrogen (secondary N) is 1. The molecule has 2 amide bonds. The quantitative estimate of drug-likeness (QED) is 0.465. The van der Waals surface area contributed by atoms with Gasteiger partial charge in [-0.25, -0.2) is 8.42 Å². The third-order valence-corrected chi connectivity index (χ3v) is 3.50. The minimum atomic E-state index is -3.57. The van der Waals surface area contributed by atoms with Crippen LogP contribution in [0.15, 0.2) is 12.2 Å². The van der Waals surface area contributed by atoms with Gasteiger partial charge in [-0.3, -0.25) is 14.9 Å². The summed E-state index contributed by atoms with van der Waals surface area (Å²) in [4.78, 5) is 22.2. The van der Waals surface area contributed by atoms with Crippen LogP contribution in [-0.2, 0) is 19.4 Å². The van der Waals surface area contributed by atoms with Crippen LogP contribution in [0.4, 0.5) is 0 Å². The lowest BCUT2D eigenvalue weighted by Gasteiger charge is -2.04. The highest BCUT2D eigenvalue weighted by Gasteiger charge is 2.18. The maximum atomic E-state index is 11.2. The van der Waals surface area contributed by atoms with Gasteiger partial charge in [0.15, 0.2) is 9.84 Å². The molecule has 0 aliphatic heterocycles. The monoisotopic (exact) mass is 268 g/mol. The SMILES string of the molecule is C=C(CN)C(=O)NC(=O)CS(=O)(=O)CCCl. The molecular weight excluding hydrogens is 256 g/mol. The molecule has 0 saturated heterocycles. The summed E-state index contributed by atoms with van der Waals surface area (Å²) in [5, 5.41) is 1.87. The van der Waals surface area contributed by atoms with E-state index in [2.05, 4.69) is 6.58 Å². The van der Waals surface area contributed by atoms with Crippen molar-refractivity contribution in [2.45, 2.75) is 0 Å². The summed E-state index contributed by atoms with van der Waals surface area (Å²) in [5.41, 5.74) is 5.12. The Balaban J connectivity index is 4.30. The van der Waals surface area contributed by atoms with E-state index in [0.717, 1.165) is 0 Å². The van der Waals surface area contributed by atoms with E-state index in [-0.39, 0.29) is 23.8 Å². The van der Waals surface area contributed by atoms with Crippen molar-refractivity contribution in [2.75, 3.05) is 23.9 Å². The molecule has 6 nitrogen and oxygen atoms in total. The fourth-order valence-corrected chi connectivity index (χ4v) is 2.29. The van der Waals surface area contributed by atoms with Crippen LogP contribution < -0.4 is 11.1 Å². The van der Waals surface area contributed by atoms with Crippen molar-refractivity contribution >= 4 is 33.3 Å². The van der Waals surface area contributed by atoms with E-state index >= 15 is 0 Å². The molecule has 0 fully saturated rings. The molecule has 3 N–H and O–H groups in total. The van der Waals surface area contributed by atoms with E-state index in [1.807, 2.05) is 5.32 Å². The molecule has 0 aromatic rings. The Hall–Kier alpha value is -0.920. The topological polar surface area (TPSA) is 106 Å². The Kier molecular flexibility index (Phi) is 6.24. The highest BCUT2D eigenvalue weighted by molar-refractivity contribution is 7.92. The summed E-state index contributed by atoms with van der Waals surface area (Å²) < 4.78 is 22.3. The van der Waals surface area contributed by atoms with E-state index in [9.17, 15) is 18.0 Å². The lowest BCUT2D eigenvalue weighted by Crippen LogP contribution is -2.37. The number of imide groups is 1. The van der Waals surface area contributed by atoms with Crippen LogP contribution in [0.2, 0.25) is 0 Å². The number of rotatable bonds is 6. The Bertz CT molecular complexity index is 391. The van der Waals surface area contributed by atoms with E-state index in [1.165, 1.54) is 0 Å². The van der Waals surface area contributed by atoms with E-state index in [0.29, 0.717) is 0 Å². The number of carbonyl (C=O) groups excluding carboxylic acids is 2. The molecule has 0 unspecified atom stereocenters. The van der Waals surface area contributed by atoms with E-state index < -0.39 is 27.4 Å². The van der Waals surface area contributed by atoms with Crippen molar-refractivity contribution in [3.8, 4) is 0 Å². The Morgan fingerprint density at radius 2 is 1.94 bits per heavy atom. The number of sulfone groups is 1. The summed E-state index contributed by atoms with van der Waals surface area (Å²) >= 11 is 5.24. The summed E-state index contributed by atoms with van der Waals surface area (Å²) in [6.07, 6.45) is 0. The van der Waals surface area contributed by atoms with Crippen molar-refractivity contribution in [1.29, 1.82) is 0 Å². The zero-order valence-electron chi connectivity index (χ0n) is 8.53. The maximum absolute atomic E-state index is 11.2. The highest BCUT2D eigenvalue weighted by atomic mass is 35.5. The first-order chi connectivity index (χ1) is 7.32. The zero-order chi connectivity index (χ0) is 12.8. The van der Waals surface area contributed by atoms with Crippen LogP contribution in [0.3, 0.4) is 0 Å². The van der Waals surface area contributed by atoms with Gasteiger partial charge in [0.1, 0.15) is 5.75 Å². The molecule has 0 aromatic carbocycles. The van der Waals surface area contributed by atoms with Crippen LogP contribution in [-0.4, -0.2) is 44.2 Å². The summed E-state index contributed by atoms with van der Waals surface area (Å²) in [7, 11) is -3.57. The lowest BCUT2D eigenvalue weighted by atomic mass is 10.3. The van der Waals surface area contributed by atoms with Gasteiger partial charge in [0.2, 0.25) is 5.91 Å². The van der Waals surface area contributed by atoms with Gasteiger partial charge in [-0.05, 0) is 0 Å². The van der Waals surface area contributed by atoms with Crippen LogP contribution in [0, 0.1) is 0 Å². The second-order valence-corrected chi connectivity index (χ2v) is 5.53. The predicted octanol–water partition coefficient (Wildman–Crippen LogP) is -1.20. The van der Waals surface area contributed by atoms with Crippen LogP contribution in [0.5, 0.6) is 0 Å². The smallest absolute Gasteiger partial charge is 0.254 e. The molecule has 8 heteroatoms. The standard InChI is InChI=1S/C8H13ClN2O4S/c1-6(4-10)8(13)11-7(12)5-16(14,15)3-2-9/h1-5,10H2,(H,11,12,13). The summed E-state index contributed by atoms with van der Waals surface area (Å²) in [5.74, 6) is -2.87. The van der Waals surface area contributed by atoms with Crippen molar-refractivity contribution in [3.63, 3.8) is 0 Å². The Morgan fingerprint density at radius 3 is 2.38 bits per heavy atom. The molecule has 0 rings (SSSR count).